The summed E-state index contributed by atoms with van der Waals surface area (Å²) in [6, 6.07) is -0.804. The molecule has 1 N–H and O–H groups in total. The Bertz CT molecular complexity index is 213. The molecule has 0 aromatic heterocycles. The van der Waals surface area contributed by atoms with Crippen molar-refractivity contribution < 1.29 is 22.7 Å². The predicted molar refractivity (Wildman–Crippen MR) is 42.6 cm³/mol. The van der Waals surface area contributed by atoms with E-state index in [0.717, 1.165) is 12.8 Å². The average molecular weight is 211 g/mol. The molecule has 0 bridgehead atoms. The quantitative estimate of drug-likeness (QED) is 0.707. The zero-order chi connectivity index (χ0) is 10.8. The van der Waals surface area contributed by atoms with Gasteiger partial charge in [-0.1, -0.05) is 0 Å². The van der Waals surface area contributed by atoms with Crippen LogP contribution in [-0.2, 0) is 9.53 Å². The van der Waals surface area contributed by atoms with E-state index in [2.05, 4.69) is 10.1 Å². The largest absolute Gasteiger partial charge is 0.468 e. The summed E-state index contributed by atoms with van der Waals surface area (Å²) >= 11 is 0. The average Bonchev–Trinajstić information content (AvgIpc) is 2.86. The molecule has 0 saturated heterocycles. The first-order valence-corrected chi connectivity index (χ1v) is 4.32. The van der Waals surface area contributed by atoms with E-state index in [0.29, 0.717) is 0 Å². The van der Waals surface area contributed by atoms with E-state index in [1.165, 1.54) is 7.11 Å². The van der Waals surface area contributed by atoms with Crippen molar-refractivity contribution in [2.24, 2.45) is 5.92 Å². The van der Waals surface area contributed by atoms with Crippen LogP contribution < -0.4 is 5.32 Å². The lowest BCUT2D eigenvalue weighted by molar-refractivity contribution is -0.147. The molecular formula is C8H12F3NO2. The molecule has 0 spiro atoms. The lowest BCUT2D eigenvalue weighted by Gasteiger charge is -2.16. The van der Waals surface area contributed by atoms with Gasteiger partial charge in [0, 0.05) is 0 Å². The molecule has 1 atom stereocenters. The number of rotatable bonds is 4. The highest BCUT2D eigenvalue weighted by atomic mass is 19.4. The minimum absolute atomic E-state index is 0.00444. The van der Waals surface area contributed by atoms with Crippen molar-refractivity contribution in [3.05, 3.63) is 0 Å². The Kier molecular flexibility index (Phi) is 3.36. The van der Waals surface area contributed by atoms with E-state index >= 15 is 0 Å². The van der Waals surface area contributed by atoms with Crippen molar-refractivity contribution in [2.45, 2.75) is 25.1 Å². The Balaban J connectivity index is 2.40. The topological polar surface area (TPSA) is 38.3 Å². The molecular weight excluding hydrogens is 199 g/mol. The van der Waals surface area contributed by atoms with Crippen molar-refractivity contribution in [2.75, 3.05) is 13.7 Å². The lowest BCUT2D eigenvalue weighted by atomic mass is 10.2. The molecule has 1 saturated carbocycles. The summed E-state index contributed by atoms with van der Waals surface area (Å²) in [5.41, 5.74) is 0. The van der Waals surface area contributed by atoms with Gasteiger partial charge in [0.1, 0.15) is 6.04 Å². The number of hydrogen-bond acceptors (Lipinski definition) is 3. The van der Waals surface area contributed by atoms with E-state index in [9.17, 15) is 18.0 Å². The second kappa shape index (κ2) is 4.16. The molecule has 1 aliphatic carbocycles. The second-order valence-electron chi connectivity index (χ2n) is 3.33. The van der Waals surface area contributed by atoms with Crippen molar-refractivity contribution in [1.82, 2.24) is 5.32 Å². The van der Waals surface area contributed by atoms with Crippen LogP contribution in [0.3, 0.4) is 0 Å². The molecule has 0 heterocycles. The summed E-state index contributed by atoms with van der Waals surface area (Å²) in [6.45, 7) is -1.15. The number of nitrogens with one attached hydrogen (secondary N) is 1. The number of methoxy groups -OCH3 is 1. The third-order valence-electron chi connectivity index (χ3n) is 2.07. The minimum Gasteiger partial charge on any atom is -0.468 e. The van der Waals surface area contributed by atoms with Gasteiger partial charge in [0.2, 0.25) is 0 Å². The molecule has 0 aromatic carbocycles. The van der Waals surface area contributed by atoms with Gasteiger partial charge >= 0.3 is 12.1 Å². The maximum Gasteiger partial charge on any atom is 0.401 e. The SMILES string of the molecule is COC(=O)C(NCC(F)(F)F)C1CC1. The van der Waals surface area contributed by atoms with Gasteiger partial charge in [0.15, 0.2) is 0 Å². The summed E-state index contributed by atoms with van der Waals surface area (Å²) in [5.74, 6) is -0.610. The van der Waals surface area contributed by atoms with Crippen LogP contribution in [0.5, 0.6) is 0 Å². The van der Waals surface area contributed by atoms with Gasteiger partial charge in [-0.3, -0.25) is 10.1 Å². The van der Waals surface area contributed by atoms with Crippen molar-refractivity contribution in [3.8, 4) is 0 Å². The molecule has 0 aliphatic heterocycles. The zero-order valence-corrected chi connectivity index (χ0v) is 7.73. The number of halogens is 3. The lowest BCUT2D eigenvalue weighted by Crippen LogP contribution is -2.44. The summed E-state index contributed by atoms with van der Waals surface area (Å²) in [6.07, 6.45) is -2.73. The van der Waals surface area contributed by atoms with Crippen molar-refractivity contribution in [1.29, 1.82) is 0 Å². The number of esters is 1. The first kappa shape index (κ1) is 11.3. The summed E-state index contributed by atoms with van der Waals surface area (Å²) in [4.78, 5) is 11.1. The predicted octanol–water partition coefficient (Wildman–Crippen LogP) is 1.09. The van der Waals surface area contributed by atoms with Gasteiger partial charge in [-0.25, -0.2) is 0 Å². The molecule has 1 aliphatic rings. The minimum atomic E-state index is -4.29. The Morgan fingerprint density at radius 3 is 2.50 bits per heavy atom. The number of carbonyl (C=O) groups excluding carboxylic acids is 1. The highest BCUT2D eigenvalue weighted by Gasteiger charge is 2.39. The maximum atomic E-state index is 11.9. The third kappa shape index (κ3) is 3.53. The highest BCUT2D eigenvalue weighted by molar-refractivity contribution is 5.76. The summed E-state index contributed by atoms with van der Waals surface area (Å²) < 4.78 is 40.0. The maximum absolute atomic E-state index is 11.9. The van der Waals surface area contributed by atoms with Gasteiger partial charge in [-0.2, -0.15) is 13.2 Å². The smallest absolute Gasteiger partial charge is 0.401 e. The Labute approximate surface area is 79.6 Å². The first-order chi connectivity index (χ1) is 6.44. The van der Waals surface area contributed by atoms with E-state index < -0.39 is 24.7 Å². The molecule has 1 unspecified atom stereocenters. The molecule has 14 heavy (non-hydrogen) atoms. The molecule has 0 radical (unpaired) electrons. The normalized spacial score (nSPS) is 19.1. The highest BCUT2D eigenvalue weighted by Crippen LogP contribution is 2.33. The Hall–Kier alpha value is -0.780. The Morgan fingerprint density at radius 2 is 2.14 bits per heavy atom. The van der Waals surface area contributed by atoms with Gasteiger partial charge in [-0.15, -0.1) is 0 Å². The molecule has 0 aromatic rings. The van der Waals surface area contributed by atoms with Crippen molar-refractivity contribution in [3.63, 3.8) is 0 Å². The standard InChI is InChI=1S/C8H12F3NO2/c1-14-7(13)6(5-2-3-5)12-4-8(9,10)11/h5-6,12H,2-4H2,1H3. The van der Waals surface area contributed by atoms with Crippen LogP contribution in [0.2, 0.25) is 0 Å². The molecule has 0 amide bonds. The Morgan fingerprint density at radius 1 is 1.57 bits per heavy atom. The third-order valence-corrected chi connectivity index (χ3v) is 2.07. The van der Waals surface area contributed by atoms with Gasteiger partial charge in [0.05, 0.1) is 13.7 Å². The van der Waals surface area contributed by atoms with Crippen LogP contribution in [0, 0.1) is 5.92 Å². The molecule has 82 valence electrons. The fraction of sp³-hybridized carbons (Fsp3) is 0.875. The zero-order valence-electron chi connectivity index (χ0n) is 7.73. The monoisotopic (exact) mass is 211 g/mol. The summed E-state index contributed by atoms with van der Waals surface area (Å²) in [7, 11) is 1.17. The number of carbonyl (C=O) groups is 1. The van der Waals surface area contributed by atoms with Crippen LogP contribution in [0.25, 0.3) is 0 Å². The van der Waals surface area contributed by atoms with Gasteiger partial charge in [-0.05, 0) is 18.8 Å². The second-order valence-corrected chi connectivity index (χ2v) is 3.33. The van der Waals surface area contributed by atoms with E-state index in [1.54, 1.807) is 0 Å². The number of hydrogen-bond donors (Lipinski definition) is 1. The van der Waals surface area contributed by atoms with E-state index in [-0.39, 0.29) is 5.92 Å². The number of alkyl halides is 3. The van der Waals surface area contributed by atoms with E-state index in [4.69, 9.17) is 0 Å². The fourth-order valence-electron chi connectivity index (χ4n) is 1.22. The molecule has 1 fully saturated rings. The van der Waals surface area contributed by atoms with Crippen LogP contribution in [0.4, 0.5) is 13.2 Å². The van der Waals surface area contributed by atoms with Gasteiger partial charge in [0.25, 0.3) is 0 Å². The van der Waals surface area contributed by atoms with Crippen molar-refractivity contribution >= 4 is 5.97 Å². The van der Waals surface area contributed by atoms with Crippen LogP contribution >= 0.6 is 0 Å². The van der Waals surface area contributed by atoms with Gasteiger partial charge < -0.3 is 4.74 Å². The van der Waals surface area contributed by atoms with Crippen LogP contribution in [0.1, 0.15) is 12.8 Å². The van der Waals surface area contributed by atoms with Crippen LogP contribution in [-0.4, -0.2) is 31.8 Å². The van der Waals surface area contributed by atoms with E-state index in [1.807, 2.05) is 0 Å². The molecule has 6 heteroatoms. The first-order valence-electron chi connectivity index (χ1n) is 4.32. The number of ether oxygens (including phenoxy) is 1. The summed E-state index contributed by atoms with van der Waals surface area (Å²) in [5, 5.41) is 2.17. The molecule has 3 nitrogen and oxygen atoms in total. The fourth-order valence-corrected chi connectivity index (χ4v) is 1.22. The van der Waals surface area contributed by atoms with Crippen LogP contribution in [0.15, 0.2) is 0 Å². The molecule has 1 rings (SSSR count).